The number of hydrogen-bond acceptors (Lipinski definition) is 5. The van der Waals surface area contributed by atoms with Gasteiger partial charge in [0.2, 0.25) is 10.9 Å². The lowest BCUT2D eigenvalue weighted by atomic mass is 10.0. The summed E-state index contributed by atoms with van der Waals surface area (Å²) in [5.74, 6) is 1.12. The van der Waals surface area contributed by atoms with Crippen LogP contribution >= 0.6 is 11.3 Å². The summed E-state index contributed by atoms with van der Waals surface area (Å²) in [6, 6.07) is 4.14. The summed E-state index contributed by atoms with van der Waals surface area (Å²) >= 11 is 1.51. The van der Waals surface area contributed by atoms with Crippen LogP contribution < -0.4 is 10.5 Å². The monoisotopic (exact) mass is 274 g/mol. The number of benzene rings is 1. The number of nitrogens with zero attached hydrogens (tertiary/aromatic N) is 3. The van der Waals surface area contributed by atoms with Gasteiger partial charge in [0.05, 0.1) is 12.8 Å². The lowest BCUT2D eigenvalue weighted by Crippen LogP contribution is -1.95. The predicted molar refractivity (Wildman–Crippen MR) is 76.7 cm³/mol. The van der Waals surface area contributed by atoms with E-state index < -0.39 is 0 Å². The van der Waals surface area contributed by atoms with Gasteiger partial charge in [-0.05, 0) is 37.1 Å². The van der Waals surface area contributed by atoms with Crippen molar-refractivity contribution in [1.29, 1.82) is 0 Å². The summed E-state index contributed by atoms with van der Waals surface area (Å²) < 4.78 is 7.23. The van der Waals surface area contributed by atoms with Gasteiger partial charge >= 0.3 is 0 Å². The van der Waals surface area contributed by atoms with E-state index in [0.29, 0.717) is 0 Å². The number of aryl methyl sites for hydroxylation is 2. The third-order valence-corrected chi connectivity index (χ3v) is 4.01. The molecule has 0 fully saturated rings. The number of anilines is 1. The second-order valence-electron chi connectivity index (χ2n) is 4.42. The maximum atomic E-state index is 5.64. The Labute approximate surface area is 114 Å². The summed E-state index contributed by atoms with van der Waals surface area (Å²) in [4.78, 5) is 4.95. The summed E-state index contributed by atoms with van der Waals surface area (Å²) in [6.07, 6.45) is 0. The fourth-order valence-corrected chi connectivity index (χ4v) is 2.87. The number of nitrogens with two attached hydrogens (primary N) is 1. The van der Waals surface area contributed by atoms with E-state index in [4.69, 9.17) is 10.5 Å². The molecule has 2 aromatic heterocycles. The van der Waals surface area contributed by atoms with Crippen LogP contribution in [0.1, 0.15) is 11.1 Å². The lowest BCUT2D eigenvalue weighted by Gasteiger charge is -2.10. The molecule has 0 atom stereocenters. The molecule has 3 rings (SSSR count). The Bertz CT molecular complexity index is 759. The van der Waals surface area contributed by atoms with Crippen molar-refractivity contribution < 1.29 is 4.74 Å². The number of nitrogen functional groups attached to an aromatic ring is 1. The van der Waals surface area contributed by atoms with Crippen molar-refractivity contribution >= 4 is 22.2 Å². The molecule has 1 aromatic carbocycles. The standard InChI is InChI=1S/C13H14N4OS/c1-7-4-9(11(18-3)5-8(7)2)10-6-19-13-15-12(14)16-17(10)13/h4-6H,1-3H3,(H2,14,16). The van der Waals surface area contributed by atoms with Crippen LogP contribution in [-0.2, 0) is 0 Å². The summed E-state index contributed by atoms with van der Waals surface area (Å²) in [6.45, 7) is 4.15. The molecular weight excluding hydrogens is 260 g/mol. The smallest absolute Gasteiger partial charge is 0.241 e. The lowest BCUT2D eigenvalue weighted by molar-refractivity contribution is 0.416. The normalized spacial score (nSPS) is 11.1. The van der Waals surface area contributed by atoms with Gasteiger partial charge in [-0.25, -0.2) is 4.52 Å². The number of rotatable bonds is 2. The maximum Gasteiger partial charge on any atom is 0.241 e. The molecule has 0 amide bonds. The average molecular weight is 274 g/mol. The molecule has 0 saturated heterocycles. The number of methoxy groups -OCH3 is 1. The maximum absolute atomic E-state index is 5.64. The van der Waals surface area contributed by atoms with Crippen LogP contribution in [0.3, 0.4) is 0 Å². The quantitative estimate of drug-likeness (QED) is 0.780. The highest BCUT2D eigenvalue weighted by Gasteiger charge is 2.15. The van der Waals surface area contributed by atoms with Crippen molar-refractivity contribution in [3.05, 3.63) is 28.6 Å². The molecule has 0 bridgehead atoms. The molecule has 0 saturated carbocycles. The number of ether oxygens (including phenoxy) is 1. The van der Waals surface area contributed by atoms with Gasteiger partial charge in [0.15, 0.2) is 0 Å². The Morgan fingerprint density at radius 1 is 1.26 bits per heavy atom. The first kappa shape index (κ1) is 12.0. The van der Waals surface area contributed by atoms with Gasteiger partial charge in [-0.15, -0.1) is 16.4 Å². The fraction of sp³-hybridized carbons (Fsp3) is 0.231. The van der Waals surface area contributed by atoms with E-state index >= 15 is 0 Å². The van der Waals surface area contributed by atoms with Gasteiger partial charge < -0.3 is 10.5 Å². The largest absolute Gasteiger partial charge is 0.496 e. The van der Waals surface area contributed by atoms with Crippen LogP contribution in [0.25, 0.3) is 16.2 Å². The Kier molecular flexibility index (Phi) is 2.67. The summed E-state index contributed by atoms with van der Waals surface area (Å²) in [7, 11) is 1.67. The van der Waals surface area contributed by atoms with E-state index in [2.05, 4.69) is 30.0 Å². The first-order valence-electron chi connectivity index (χ1n) is 5.85. The van der Waals surface area contributed by atoms with Crippen LogP contribution in [0, 0.1) is 13.8 Å². The fourth-order valence-electron chi connectivity index (χ4n) is 2.04. The molecule has 2 heterocycles. The number of thiazole rings is 1. The van der Waals surface area contributed by atoms with Crippen LogP contribution in [0.4, 0.5) is 5.95 Å². The minimum Gasteiger partial charge on any atom is -0.496 e. The summed E-state index contributed by atoms with van der Waals surface area (Å²) in [5, 5.41) is 6.23. The van der Waals surface area contributed by atoms with Crippen LogP contribution in [-0.4, -0.2) is 21.7 Å². The van der Waals surface area contributed by atoms with E-state index in [1.165, 1.54) is 22.5 Å². The van der Waals surface area contributed by atoms with Crippen LogP contribution in [0.15, 0.2) is 17.5 Å². The highest BCUT2D eigenvalue weighted by molar-refractivity contribution is 7.15. The second-order valence-corrected chi connectivity index (χ2v) is 5.26. The van der Waals surface area contributed by atoms with Crippen molar-refractivity contribution in [2.75, 3.05) is 12.8 Å². The molecule has 6 heteroatoms. The van der Waals surface area contributed by atoms with Gasteiger partial charge in [0.1, 0.15) is 5.75 Å². The number of fused-ring (bicyclic) bond motifs is 1. The molecule has 19 heavy (non-hydrogen) atoms. The minimum absolute atomic E-state index is 0.288. The van der Waals surface area contributed by atoms with Crippen LogP contribution in [0.2, 0.25) is 0 Å². The van der Waals surface area contributed by atoms with Crippen molar-refractivity contribution in [2.45, 2.75) is 13.8 Å². The highest BCUT2D eigenvalue weighted by Crippen LogP contribution is 2.34. The zero-order chi connectivity index (χ0) is 13.6. The van der Waals surface area contributed by atoms with Crippen molar-refractivity contribution in [1.82, 2.24) is 14.6 Å². The van der Waals surface area contributed by atoms with Gasteiger partial charge in [0.25, 0.3) is 0 Å². The Morgan fingerprint density at radius 2 is 2.00 bits per heavy atom. The zero-order valence-electron chi connectivity index (χ0n) is 11.0. The van der Waals surface area contributed by atoms with Gasteiger partial charge in [0, 0.05) is 10.9 Å². The highest BCUT2D eigenvalue weighted by atomic mass is 32.1. The zero-order valence-corrected chi connectivity index (χ0v) is 11.8. The van der Waals surface area contributed by atoms with Gasteiger partial charge in [-0.3, -0.25) is 0 Å². The summed E-state index contributed by atoms with van der Waals surface area (Å²) in [5.41, 5.74) is 10.00. The van der Waals surface area contributed by atoms with Gasteiger partial charge in [-0.2, -0.15) is 4.98 Å². The SMILES string of the molecule is COc1cc(C)c(C)cc1-c1csc2nc(N)nn12. The molecule has 2 N–H and O–H groups in total. The molecule has 0 aliphatic heterocycles. The first-order chi connectivity index (χ1) is 9.10. The molecular formula is C13H14N4OS. The third kappa shape index (κ3) is 1.84. The average Bonchev–Trinajstić information content (AvgIpc) is 2.91. The Morgan fingerprint density at radius 3 is 2.74 bits per heavy atom. The molecule has 0 unspecified atom stereocenters. The molecule has 0 radical (unpaired) electrons. The van der Waals surface area contributed by atoms with E-state index in [9.17, 15) is 0 Å². The van der Waals surface area contributed by atoms with Gasteiger partial charge in [-0.1, -0.05) is 0 Å². The van der Waals surface area contributed by atoms with Crippen molar-refractivity contribution in [3.63, 3.8) is 0 Å². The minimum atomic E-state index is 0.288. The molecule has 5 nitrogen and oxygen atoms in total. The Balaban J connectivity index is 2.28. The Hall–Kier alpha value is -2.08. The first-order valence-corrected chi connectivity index (χ1v) is 6.73. The molecule has 98 valence electrons. The topological polar surface area (TPSA) is 65.4 Å². The molecule has 0 spiro atoms. The van der Waals surface area contributed by atoms with Crippen molar-refractivity contribution in [2.24, 2.45) is 0 Å². The molecule has 3 aromatic rings. The van der Waals surface area contributed by atoms with Crippen molar-refractivity contribution in [3.8, 4) is 17.0 Å². The number of aromatic nitrogens is 3. The van der Waals surface area contributed by atoms with E-state index in [-0.39, 0.29) is 5.95 Å². The van der Waals surface area contributed by atoms with Crippen LogP contribution in [0.5, 0.6) is 5.75 Å². The van der Waals surface area contributed by atoms with E-state index in [1.807, 2.05) is 11.4 Å². The third-order valence-electron chi connectivity index (χ3n) is 3.19. The predicted octanol–water partition coefficient (Wildman–Crippen LogP) is 2.67. The second kappa shape index (κ2) is 4.24. The van der Waals surface area contributed by atoms with E-state index in [0.717, 1.165) is 22.0 Å². The van der Waals surface area contributed by atoms with E-state index in [1.54, 1.807) is 11.6 Å². The molecule has 0 aliphatic carbocycles. The number of hydrogen-bond donors (Lipinski definition) is 1. The molecule has 0 aliphatic rings.